The van der Waals surface area contributed by atoms with Gasteiger partial charge in [-0.2, -0.15) is 0 Å². The van der Waals surface area contributed by atoms with Gasteiger partial charge in [-0.05, 0) is 55.3 Å². The highest BCUT2D eigenvalue weighted by atomic mass is 32.3. The Bertz CT molecular complexity index is 1050. The molecule has 0 fully saturated rings. The third-order valence-electron chi connectivity index (χ3n) is 4.62. The third-order valence-corrected chi connectivity index (χ3v) is 6.52. The number of rotatable bonds is 7. The standard InChI is InChI=1S/C22H26FNO3S/c1-5-6-12-28(3,4)27-21-11-10-15(13-18(21)23)19-14-17-16(22(25)24-19)8-7-9-20(17)26-2/h7-11,13-14H,5-6,12H2,1-4H3,(H,24,25). The largest absolute Gasteiger partial charge is 0.496 e. The van der Waals surface area contributed by atoms with Gasteiger partial charge in [-0.1, -0.05) is 29.7 Å². The molecule has 3 rings (SSSR count). The molecule has 0 amide bonds. The molecule has 28 heavy (non-hydrogen) atoms. The van der Waals surface area contributed by atoms with E-state index in [9.17, 15) is 9.18 Å². The van der Waals surface area contributed by atoms with Crippen LogP contribution in [0.25, 0.3) is 22.0 Å². The van der Waals surface area contributed by atoms with Crippen LogP contribution in [-0.4, -0.2) is 30.4 Å². The molecule has 0 bridgehead atoms. The summed E-state index contributed by atoms with van der Waals surface area (Å²) < 4.78 is 26.1. The third kappa shape index (κ3) is 4.33. The van der Waals surface area contributed by atoms with E-state index < -0.39 is 16.1 Å². The van der Waals surface area contributed by atoms with Crippen molar-refractivity contribution < 1.29 is 13.3 Å². The van der Waals surface area contributed by atoms with Crippen molar-refractivity contribution >= 4 is 21.1 Å². The number of methoxy groups -OCH3 is 1. The van der Waals surface area contributed by atoms with Gasteiger partial charge in [0.25, 0.3) is 5.56 Å². The van der Waals surface area contributed by atoms with Gasteiger partial charge in [-0.15, -0.1) is 0 Å². The molecule has 1 N–H and O–H groups in total. The SMILES string of the molecule is CCCCS(C)(C)Oc1ccc(-c2cc3c(OC)cccc3c(=O)[nH]2)cc1F. The van der Waals surface area contributed by atoms with Crippen molar-refractivity contribution in [3.8, 4) is 22.8 Å². The molecule has 0 aliphatic carbocycles. The molecule has 0 spiro atoms. The normalized spacial score (nSPS) is 12.2. The average molecular weight is 404 g/mol. The lowest BCUT2D eigenvalue weighted by atomic mass is 10.1. The molecule has 4 nitrogen and oxygen atoms in total. The number of pyridine rings is 1. The zero-order valence-corrected chi connectivity index (χ0v) is 17.5. The molecule has 1 aromatic heterocycles. The number of aromatic nitrogens is 1. The van der Waals surface area contributed by atoms with Crippen molar-refractivity contribution in [1.29, 1.82) is 0 Å². The fraction of sp³-hybridized carbons (Fsp3) is 0.318. The Morgan fingerprint density at radius 3 is 2.54 bits per heavy atom. The summed E-state index contributed by atoms with van der Waals surface area (Å²) >= 11 is 0. The molecule has 0 aliphatic rings. The molecule has 0 saturated carbocycles. The minimum absolute atomic E-state index is 0.239. The minimum Gasteiger partial charge on any atom is -0.496 e. The Hall–Kier alpha value is -2.47. The number of hydrogen-bond donors (Lipinski definition) is 1. The zero-order chi connectivity index (χ0) is 20.3. The highest BCUT2D eigenvalue weighted by Gasteiger charge is 2.17. The van der Waals surface area contributed by atoms with Crippen LogP contribution in [-0.2, 0) is 0 Å². The van der Waals surface area contributed by atoms with Crippen LogP contribution < -0.4 is 14.5 Å². The Morgan fingerprint density at radius 2 is 1.86 bits per heavy atom. The highest BCUT2D eigenvalue weighted by Crippen LogP contribution is 2.44. The first kappa shape index (κ1) is 20.3. The quantitative estimate of drug-likeness (QED) is 0.567. The van der Waals surface area contributed by atoms with Crippen molar-refractivity contribution in [2.24, 2.45) is 0 Å². The van der Waals surface area contributed by atoms with E-state index >= 15 is 0 Å². The van der Waals surface area contributed by atoms with E-state index in [1.54, 1.807) is 43.5 Å². The second-order valence-electron chi connectivity index (χ2n) is 7.16. The summed E-state index contributed by atoms with van der Waals surface area (Å²) in [4.78, 5) is 15.3. The van der Waals surface area contributed by atoms with Crippen LogP contribution in [0, 0.1) is 5.82 Å². The highest BCUT2D eigenvalue weighted by molar-refractivity contribution is 8.29. The van der Waals surface area contributed by atoms with Gasteiger partial charge in [0.05, 0.1) is 12.5 Å². The lowest BCUT2D eigenvalue weighted by Gasteiger charge is -2.31. The summed E-state index contributed by atoms with van der Waals surface area (Å²) in [5.74, 6) is 1.35. The molecule has 1 heterocycles. The van der Waals surface area contributed by atoms with E-state index in [0.29, 0.717) is 27.8 Å². The molecule has 0 aliphatic heterocycles. The fourth-order valence-corrected chi connectivity index (χ4v) is 4.80. The predicted octanol–water partition coefficient (Wildman–Crippen LogP) is 5.50. The molecule has 0 saturated heterocycles. The second kappa shape index (κ2) is 8.27. The number of fused-ring (bicyclic) bond motifs is 1. The fourth-order valence-electron chi connectivity index (χ4n) is 3.11. The summed E-state index contributed by atoms with van der Waals surface area (Å²) in [5, 5.41) is 1.22. The van der Waals surface area contributed by atoms with E-state index in [1.807, 2.05) is 12.5 Å². The topological polar surface area (TPSA) is 51.3 Å². The van der Waals surface area contributed by atoms with Gasteiger partial charge in [0, 0.05) is 22.4 Å². The van der Waals surface area contributed by atoms with Crippen molar-refractivity contribution in [3.63, 3.8) is 0 Å². The second-order valence-corrected chi connectivity index (χ2v) is 10.6. The van der Waals surface area contributed by atoms with Crippen LogP contribution in [0.5, 0.6) is 11.5 Å². The molecular formula is C22H26FNO3S. The molecule has 2 aromatic carbocycles. The Morgan fingerprint density at radius 1 is 1.07 bits per heavy atom. The first-order valence-electron chi connectivity index (χ1n) is 9.25. The van der Waals surface area contributed by atoms with E-state index in [2.05, 4.69) is 11.9 Å². The Kier molecular flexibility index (Phi) is 5.98. The van der Waals surface area contributed by atoms with Gasteiger partial charge < -0.3 is 13.9 Å². The summed E-state index contributed by atoms with van der Waals surface area (Å²) in [6.45, 7) is 2.13. The minimum atomic E-state index is -1.36. The number of benzene rings is 2. The Balaban J connectivity index is 1.97. The molecule has 6 heteroatoms. The zero-order valence-electron chi connectivity index (χ0n) is 16.7. The van der Waals surface area contributed by atoms with Gasteiger partial charge in [-0.25, -0.2) is 4.39 Å². The first-order chi connectivity index (χ1) is 13.3. The number of hydrogen-bond acceptors (Lipinski definition) is 3. The van der Waals surface area contributed by atoms with Gasteiger partial charge in [0.1, 0.15) is 5.75 Å². The van der Waals surface area contributed by atoms with Crippen LogP contribution in [0.15, 0.2) is 47.3 Å². The number of halogens is 1. The van der Waals surface area contributed by atoms with Crippen molar-refractivity contribution in [2.45, 2.75) is 19.8 Å². The maximum Gasteiger partial charge on any atom is 0.256 e. The van der Waals surface area contributed by atoms with E-state index in [-0.39, 0.29) is 11.3 Å². The monoisotopic (exact) mass is 403 g/mol. The number of unbranched alkanes of at least 4 members (excludes halogenated alkanes) is 1. The molecule has 0 radical (unpaired) electrons. The number of H-pyrrole nitrogens is 1. The maximum absolute atomic E-state index is 14.7. The van der Waals surface area contributed by atoms with Gasteiger partial charge in [-0.3, -0.25) is 4.79 Å². The number of nitrogens with one attached hydrogen (secondary N) is 1. The van der Waals surface area contributed by atoms with Crippen molar-refractivity contribution in [3.05, 3.63) is 58.6 Å². The lowest BCUT2D eigenvalue weighted by Crippen LogP contribution is -2.10. The molecule has 150 valence electrons. The average Bonchev–Trinajstić information content (AvgIpc) is 2.67. The molecular weight excluding hydrogens is 377 g/mol. The molecule has 0 unspecified atom stereocenters. The van der Waals surface area contributed by atoms with Crippen LogP contribution in [0.2, 0.25) is 0 Å². The number of aromatic amines is 1. The summed E-state index contributed by atoms with van der Waals surface area (Å²) in [7, 11) is 0.204. The molecule has 3 aromatic rings. The Labute approximate surface area is 166 Å². The van der Waals surface area contributed by atoms with Gasteiger partial charge in [0.2, 0.25) is 0 Å². The lowest BCUT2D eigenvalue weighted by molar-refractivity contribution is 0.420. The van der Waals surface area contributed by atoms with E-state index in [1.165, 1.54) is 6.07 Å². The summed E-state index contributed by atoms with van der Waals surface area (Å²) in [6.07, 6.45) is 6.23. The van der Waals surface area contributed by atoms with Crippen LogP contribution in [0.4, 0.5) is 4.39 Å². The first-order valence-corrected chi connectivity index (χ1v) is 11.8. The maximum atomic E-state index is 14.7. The molecule has 0 atom stereocenters. The van der Waals surface area contributed by atoms with Crippen LogP contribution >= 0.6 is 10.3 Å². The van der Waals surface area contributed by atoms with Crippen LogP contribution in [0.1, 0.15) is 19.8 Å². The smallest absolute Gasteiger partial charge is 0.256 e. The van der Waals surface area contributed by atoms with Crippen molar-refractivity contribution in [1.82, 2.24) is 4.98 Å². The number of ether oxygens (including phenoxy) is 1. The summed E-state index contributed by atoms with van der Waals surface area (Å²) in [5.41, 5.74) is 0.874. The summed E-state index contributed by atoms with van der Waals surface area (Å²) in [6, 6.07) is 11.9. The van der Waals surface area contributed by atoms with Crippen molar-refractivity contribution in [2.75, 3.05) is 25.4 Å². The van der Waals surface area contributed by atoms with Gasteiger partial charge in [0.15, 0.2) is 11.6 Å². The van der Waals surface area contributed by atoms with Gasteiger partial charge >= 0.3 is 0 Å². The van der Waals surface area contributed by atoms with E-state index in [0.717, 1.165) is 18.6 Å². The predicted molar refractivity (Wildman–Crippen MR) is 116 cm³/mol. The van der Waals surface area contributed by atoms with Crippen LogP contribution in [0.3, 0.4) is 0 Å². The van der Waals surface area contributed by atoms with E-state index in [4.69, 9.17) is 8.92 Å².